The quantitative estimate of drug-likeness (QED) is 0.495. The predicted octanol–water partition coefficient (Wildman–Crippen LogP) is 0.180. The Labute approximate surface area is 52.9 Å². The van der Waals surface area contributed by atoms with E-state index in [4.69, 9.17) is 0 Å². The average molecular weight is 124 g/mol. The average Bonchev–Trinajstić information content (AvgIpc) is 2.35. The molecule has 0 saturated carbocycles. The molecule has 0 unspecified atom stereocenters. The van der Waals surface area contributed by atoms with Crippen LogP contribution in [0.2, 0.25) is 0 Å². The van der Waals surface area contributed by atoms with E-state index in [0.29, 0.717) is 5.92 Å². The molecule has 9 heavy (non-hydrogen) atoms. The molecule has 48 valence electrons. The number of aromatic nitrogens is 4. The Bertz CT molecular complexity index is 216. The lowest BCUT2D eigenvalue weighted by molar-refractivity contribution is 0.606. The second-order valence-electron chi connectivity index (χ2n) is 2.45. The van der Waals surface area contributed by atoms with Crippen LogP contribution >= 0.6 is 0 Å². The summed E-state index contributed by atoms with van der Waals surface area (Å²) in [5.74, 6) is 1.59. The normalized spacial score (nSPS) is 24.3. The van der Waals surface area contributed by atoms with Crippen molar-refractivity contribution in [2.75, 3.05) is 0 Å². The van der Waals surface area contributed by atoms with Crippen molar-refractivity contribution in [2.45, 2.75) is 25.8 Å². The van der Waals surface area contributed by atoms with Crippen LogP contribution in [0.1, 0.15) is 25.1 Å². The largest absolute Gasteiger partial charge is 0.229 e. The van der Waals surface area contributed by atoms with E-state index >= 15 is 0 Å². The first-order valence-electron chi connectivity index (χ1n) is 3.14. The third kappa shape index (κ3) is 0.557. The van der Waals surface area contributed by atoms with Crippen LogP contribution in [0.5, 0.6) is 0 Å². The van der Waals surface area contributed by atoms with Crippen LogP contribution in [0.3, 0.4) is 0 Å². The van der Waals surface area contributed by atoms with Crippen LogP contribution in [-0.2, 0) is 6.54 Å². The van der Waals surface area contributed by atoms with Crippen LogP contribution in [-0.4, -0.2) is 20.2 Å². The van der Waals surface area contributed by atoms with Crippen molar-refractivity contribution in [1.29, 1.82) is 0 Å². The standard InChI is InChI=1S/C5H8N4/c1-4-2-3-9-5(4)6-7-8-9/h4H,2-3H2,1H3/t4-/m1/s1. The molecule has 1 aliphatic rings. The van der Waals surface area contributed by atoms with Crippen molar-refractivity contribution in [1.82, 2.24) is 20.2 Å². The maximum Gasteiger partial charge on any atom is 0.154 e. The van der Waals surface area contributed by atoms with Gasteiger partial charge < -0.3 is 0 Å². The van der Waals surface area contributed by atoms with Gasteiger partial charge in [-0.2, -0.15) is 0 Å². The molecule has 0 amide bonds. The van der Waals surface area contributed by atoms with Gasteiger partial charge in [-0.05, 0) is 16.8 Å². The molecular weight excluding hydrogens is 116 g/mol. The number of aryl methyl sites for hydroxylation is 1. The van der Waals surface area contributed by atoms with Gasteiger partial charge >= 0.3 is 0 Å². The van der Waals surface area contributed by atoms with Gasteiger partial charge in [0.1, 0.15) is 0 Å². The fourth-order valence-electron chi connectivity index (χ4n) is 1.17. The van der Waals surface area contributed by atoms with Crippen molar-refractivity contribution in [3.05, 3.63) is 5.82 Å². The lowest BCUT2D eigenvalue weighted by atomic mass is 10.1. The van der Waals surface area contributed by atoms with Gasteiger partial charge in [0.25, 0.3) is 0 Å². The summed E-state index contributed by atoms with van der Waals surface area (Å²) in [4.78, 5) is 0. The highest BCUT2D eigenvalue weighted by Crippen LogP contribution is 2.22. The number of nitrogens with zero attached hydrogens (tertiary/aromatic N) is 4. The second kappa shape index (κ2) is 1.52. The van der Waals surface area contributed by atoms with E-state index in [-0.39, 0.29) is 0 Å². The monoisotopic (exact) mass is 124 g/mol. The summed E-state index contributed by atoms with van der Waals surface area (Å²) in [6, 6.07) is 0. The SMILES string of the molecule is C[C@@H]1CCn2nnnc21. The lowest BCUT2D eigenvalue weighted by Gasteiger charge is -1.91. The highest BCUT2D eigenvalue weighted by Gasteiger charge is 2.20. The minimum atomic E-state index is 0.556. The Morgan fingerprint density at radius 1 is 1.67 bits per heavy atom. The maximum atomic E-state index is 3.88. The third-order valence-electron chi connectivity index (χ3n) is 1.77. The summed E-state index contributed by atoms with van der Waals surface area (Å²) in [7, 11) is 0. The summed E-state index contributed by atoms with van der Waals surface area (Å²) in [6.07, 6.45) is 1.16. The van der Waals surface area contributed by atoms with Gasteiger partial charge in [0.15, 0.2) is 5.82 Å². The summed E-state index contributed by atoms with van der Waals surface area (Å²) in [6.45, 7) is 3.14. The van der Waals surface area contributed by atoms with Crippen LogP contribution < -0.4 is 0 Å². The van der Waals surface area contributed by atoms with Gasteiger partial charge in [-0.15, -0.1) is 5.10 Å². The molecule has 1 aromatic rings. The first-order valence-corrected chi connectivity index (χ1v) is 3.14. The lowest BCUT2D eigenvalue weighted by Crippen LogP contribution is -1.94. The van der Waals surface area contributed by atoms with Crippen molar-refractivity contribution in [2.24, 2.45) is 0 Å². The smallest absolute Gasteiger partial charge is 0.154 e. The zero-order valence-electron chi connectivity index (χ0n) is 5.28. The second-order valence-corrected chi connectivity index (χ2v) is 2.45. The Morgan fingerprint density at radius 3 is 3.33 bits per heavy atom. The number of rotatable bonds is 0. The fourth-order valence-corrected chi connectivity index (χ4v) is 1.17. The minimum Gasteiger partial charge on any atom is -0.229 e. The molecule has 0 aliphatic carbocycles. The van der Waals surface area contributed by atoms with Crippen molar-refractivity contribution >= 4 is 0 Å². The van der Waals surface area contributed by atoms with Crippen LogP contribution in [0, 0.1) is 0 Å². The first-order chi connectivity index (χ1) is 4.38. The molecule has 4 nitrogen and oxygen atoms in total. The Kier molecular flexibility index (Phi) is 0.831. The number of hydrogen-bond acceptors (Lipinski definition) is 3. The highest BCUT2D eigenvalue weighted by atomic mass is 15.5. The van der Waals surface area contributed by atoms with Gasteiger partial charge in [-0.1, -0.05) is 6.92 Å². The molecule has 4 heteroatoms. The molecule has 2 rings (SSSR count). The predicted molar refractivity (Wildman–Crippen MR) is 30.8 cm³/mol. The number of tetrazole rings is 1. The molecule has 1 atom stereocenters. The van der Waals surface area contributed by atoms with E-state index < -0.39 is 0 Å². The Balaban J connectivity index is 2.49. The van der Waals surface area contributed by atoms with Gasteiger partial charge in [-0.25, -0.2) is 4.68 Å². The van der Waals surface area contributed by atoms with Gasteiger partial charge in [0.05, 0.1) is 0 Å². The third-order valence-corrected chi connectivity index (χ3v) is 1.77. The molecular formula is C5H8N4. The molecule has 1 aromatic heterocycles. The van der Waals surface area contributed by atoms with E-state index in [2.05, 4.69) is 22.4 Å². The first kappa shape index (κ1) is 4.90. The summed E-state index contributed by atoms with van der Waals surface area (Å²) in [5.41, 5.74) is 0. The van der Waals surface area contributed by atoms with Crippen LogP contribution in [0.4, 0.5) is 0 Å². The molecule has 0 fully saturated rings. The molecule has 0 radical (unpaired) electrons. The molecule has 0 N–H and O–H groups in total. The highest BCUT2D eigenvalue weighted by molar-refractivity contribution is 4.95. The molecule has 1 aliphatic heterocycles. The zero-order chi connectivity index (χ0) is 6.27. The van der Waals surface area contributed by atoms with E-state index in [1.165, 1.54) is 0 Å². The summed E-state index contributed by atoms with van der Waals surface area (Å²) in [5, 5.41) is 11.2. The maximum absolute atomic E-state index is 3.88. The van der Waals surface area contributed by atoms with E-state index in [9.17, 15) is 0 Å². The van der Waals surface area contributed by atoms with E-state index in [1.807, 2.05) is 4.68 Å². The molecule has 0 bridgehead atoms. The molecule has 0 saturated heterocycles. The number of fused-ring (bicyclic) bond motifs is 1. The topological polar surface area (TPSA) is 43.6 Å². The summed E-state index contributed by atoms with van der Waals surface area (Å²) < 4.78 is 1.87. The number of hydrogen-bond donors (Lipinski definition) is 0. The van der Waals surface area contributed by atoms with E-state index in [0.717, 1.165) is 18.8 Å². The van der Waals surface area contributed by atoms with Gasteiger partial charge in [-0.3, -0.25) is 0 Å². The molecule has 0 aromatic carbocycles. The Morgan fingerprint density at radius 2 is 2.56 bits per heavy atom. The molecule has 2 heterocycles. The van der Waals surface area contributed by atoms with Crippen molar-refractivity contribution < 1.29 is 0 Å². The molecule has 0 spiro atoms. The van der Waals surface area contributed by atoms with Crippen molar-refractivity contribution in [3.63, 3.8) is 0 Å². The minimum absolute atomic E-state index is 0.556. The van der Waals surface area contributed by atoms with Crippen LogP contribution in [0.25, 0.3) is 0 Å². The van der Waals surface area contributed by atoms with Gasteiger partial charge in [0, 0.05) is 12.5 Å². The van der Waals surface area contributed by atoms with Gasteiger partial charge in [0.2, 0.25) is 0 Å². The Hall–Kier alpha value is -0.930. The van der Waals surface area contributed by atoms with Crippen molar-refractivity contribution in [3.8, 4) is 0 Å². The van der Waals surface area contributed by atoms with E-state index in [1.54, 1.807) is 0 Å². The summed E-state index contributed by atoms with van der Waals surface area (Å²) >= 11 is 0. The fraction of sp³-hybridized carbons (Fsp3) is 0.800. The zero-order valence-corrected chi connectivity index (χ0v) is 5.28. The van der Waals surface area contributed by atoms with Crippen LogP contribution in [0.15, 0.2) is 0 Å².